The molecule has 16 heavy (non-hydrogen) atoms. The van der Waals surface area contributed by atoms with Gasteiger partial charge in [0.2, 0.25) is 0 Å². The van der Waals surface area contributed by atoms with E-state index in [4.69, 9.17) is 0 Å². The number of nitrogens with zero attached hydrogens (tertiary/aromatic N) is 3. The Kier molecular flexibility index (Phi) is 5.78. The molecule has 0 fully saturated rings. The van der Waals surface area contributed by atoms with Crippen molar-refractivity contribution in [3.8, 4) is 0 Å². The van der Waals surface area contributed by atoms with Gasteiger partial charge in [-0.25, -0.2) is 4.98 Å². The van der Waals surface area contributed by atoms with Gasteiger partial charge in [-0.1, -0.05) is 20.3 Å². The number of anilines is 1. The summed E-state index contributed by atoms with van der Waals surface area (Å²) < 4.78 is 0. The molecule has 4 nitrogen and oxygen atoms in total. The summed E-state index contributed by atoms with van der Waals surface area (Å²) in [5.41, 5.74) is 1.04. The Balaban J connectivity index is 2.49. The van der Waals surface area contributed by atoms with Crippen molar-refractivity contribution in [2.24, 2.45) is 0 Å². The maximum absolute atomic E-state index is 4.38. The van der Waals surface area contributed by atoms with Gasteiger partial charge in [-0.15, -0.1) is 0 Å². The smallest absolute Gasteiger partial charge is 0.144 e. The van der Waals surface area contributed by atoms with Gasteiger partial charge < -0.3 is 5.32 Å². The average Bonchev–Trinajstić information content (AvgIpc) is 2.35. The average molecular weight is 222 g/mol. The van der Waals surface area contributed by atoms with Crippen LogP contribution >= 0.6 is 0 Å². The predicted octanol–water partition coefficient (Wildman–Crippen LogP) is 2.14. The lowest BCUT2D eigenvalue weighted by Crippen LogP contribution is -2.24. The third-order valence-corrected chi connectivity index (χ3v) is 2.62. The Labute approximate surface area is 98.1 Å². The quantitative estimate of drug-likeness (QED) is 0.767. The van der Waals surface area contributed by atoms with Gasteiger partial charge in [0, 0.05) is 13.6 Å². The maximum Gasteiger partial charge on any atom is 0.144 e. The van der Waals surface area contributed by atoms with Gasteiger partial charge in [0.15, 0.2) is 0 Å². The fraction of sp³-hybridized carbons (Fsp3) is 0.667. The first-order chi connectivity index (χ1) is 7.80. The van der Waals surface area contributed by atoms with E-state index in [0.717, 1.165) is 31.1 Å². The minimum Gasteiger partial charge on any atom is -0.372 e. The third-order valence-electron chi connectivity index (χ3n) is 2.62. The molecule has 1 aromatic rings. The topological polar surface area (TPSA) is 41.1 Å². The lowest BCUT2D eigenvalue weighted by atomic mass is 10.3. The highest BCUT2D eigenvalue weighted by molar-refractivity contribution is 5.29. The Morgan fingerprint density at radius 2 is 2.06 bits per heavy atom. The van der Waals surface area contributed by atoms with Crippen LogP contribution in [0.4, 0.5) is 5.82 Å². The molecule has 0 saturated carbocycles. The molecule has 0 radical (unpaired) electrons. The monoisotopic (exact) mass is 222 g/mol. The van der Waals surface area contributed by atoms with E-state index in [0.29, 0.717) is 0 Å². The fourth-order valence-electron chi connectivity index (χ4n) is 1.53. The highest BCUT2D eigenvalue weighted by Crippen LogP contribution is 2.04. The zero-order chi connectivity index (χ0) is 11.8. The molecule has 1 rings (SSSR count). The molecule has 0 saturated heterocycles. The van der Waals surface area contributed by atoms with Crippen LogP contribution in [-0.2, 0) is 6.54 Å². The summed E-state index contributed by atoms with van der Waals surface area (Å²) in [5, 5.41) is 2.97. The highest BCUT2D eigenvalue weighted by atomic mass is 15.1. The second kappa shape index (κ2) is 7.17. The number of rotatable bonds is 7. The zero-order valence-corrected chi connectivity index (χ0v) is 10.5. The van der Waals surface area contributed by atoms with Crippen molar-refractivity contribution in [3.05, 3.63) is 18.1 Å². The molecule has 0 bridgehead atoms. The summed E-state index contributed by atoms with van der Waals surface area (Å²) in [4.78, 5) is 11.0. The van der Waals surface area contributed by atoms with Crippen molar-refractivity contribution in [1.29, 1.82) is 0 Å². The Morgan fingerprint density at radius 1 is 1.25 bits per heavy atom. The molecular formula is C12H22N4. The number of hydrogen-bond donors (Lipinski definition) is 1. The van der Waals surface area contributed by atoms with Crippen molar-refractivity contribution in [2.75, 3.05) is 25.5 Å². The molecule has 90 valence electrons. The molecule has 1 N–H and O–H groups in total. The lowest BCUT2D eigenvalue weighted by Gasteiger charge is -2.19. The number of aromatic nitrogens is 2. The number of hydrogen-bond acceptors (Lipinski definition) is 4. The Morgan fingerprint density at radius 3 is 2.56 bits per heavy atom. The highest BCUT2D eigenvalue weighted by Gasteiger charge is 2.04. The lowest BCUT2D eigenvalue weighted by molar-refractivity contribution is 0.272. The summed E-state index contributed by atoms with van der Waals surface area (Å²) in [6, 6.07) is 0. The van der Waals surface area contributed by atoms with Gasteiger partial charge in [-0.05, 0) is 19.5 Å². The third kappa shape index (κ3) is 4.14. The number of nitrogens with one attached hydrogen (secondary N) is 1. The van der Waals surface area contributed by atoms with Crippen molar-refractivity contribution in [3.63, 3.8) is 0 Å². The van der Waals surface area contributed by atoms with Crippen LogP contribution in [0.25, 0.3) is 0 Å². The largest absolute Gasteiger partial charge is 0.372 e. The predicted molar refractivity (Wildman–Crippen MR) is 67.4 cm³/mol. The van der Waals surface area contributed by atoms with Crippen molar-refractivity contribution in [2.45, 2.75) is 33.2 Å². The summed E-state index contributed by atoms with van der Waals surface area (Å²) >= 11 is 0. The van der Waals surface area contributed by atoms with Crippen molar-refractivity contribution >= 4 is 5.82 Å². The summed E-state index contributed by atoms with van der Waals surface area (Å²) in [6.07, 6.45) is 6.11. The summed E-state index contributed by atoms with van der Waals surface area (Å²) in [6.45, 7) is 7.51. The molecule has 0 unspecified atom stereocenters. The van der Waals surface area contributed by atoms with E-state index in [1.54, 1.807) is 6.20 Å². The normalized spacial score (nSPS) is 10.8. The van der Waals surface area contributed by atoms with Crippen LogP contribution in [-0.4, -0.2) is 35.0 Å². The molecule has 0 aromatic carbocycles. The standard InChI is InChI=1S/C12H22N4/c1-4-6-7-16(5-2)10-11-8-15-12(13-3)9-14-11/h8-9H,4-7,10H2,1-3H3,(H,13,15). The second-order valence-corrected chi connectivity index (χ2v) is 3.87. The van der Waals surface area contributed by atoms with Crippen LogP contribution in [0.3, 0.4) is 0 Å². The first-order valence-corrected chi connectivity index (χ1v) is 6.01. The van der Waals surface area contributed by atoms with Crippen LogP contribution < -0.4 is 5.32 Å². The van der Waals surface area contributed by atoms with Gasteiger partial charge in [-0.3, -0.25) is 9.88 Å². The number of unbranched alkanes of at least 4 members (excludes halogenated alkanes) is 1. The Hall–Kier alpha value is -1.16. The van der Waals surface area contributed by atoms with E-state index in [-0.39, 0.29) is 0 Å². The van der Waals surface area contributed by atoms with E-state index in [2.05, 4.69) is 34.0 Å². The van der Waals surface area contributed by atoms with E-state index in [9.17, 15) is 0 Å². The van der Waals surface area contributed by atoms with Gasteiger partial charge in [0.1, 0.15) is 5.82 Å². The van der Waals surface area contributed by atoms with Crippen molar-refractivity contribution < 1.29 is 0 Å². The summed E-state index contributed by atoms with van der Waals surface area (Å²) in [7, 11) is 1.85. The van der Waals surface area contributed by atoms with Crippen LogP contribution in [0, 0.1) is 0 Å². The van der Waals surface area contributed by atoms with Crippen LogP contribution in [0.1, 0.15) is 32.4 Å². The van der Waals surface area contributed by atoms with Gasteiger partial charge in [0.25, 0.3) is 0 Å². The van der Waals surface area contributed by atoms with Gasteiger partial charge in [-0.2, -0.15) is 0 Å². The van der Waals surface area contributed by atoms with Crippen LogP contribution in [0.2, 0.25) is 0 Å². The minimum absolute atomic E-state index is 0.820. The first-order valence-electron chi connectivity index (χ1n) is 6.01. The molecular weight excluding hydrogens is 200 g/mol. The van der Waals surface area contributed by atoms with Crippen LogP contribution in [0.5, 0.6) is 0 Å². The minimum atomic E-state index is 0.820. The maximum atomic E-state index is 4.38. The molecule has 0 aliphatic rings. The molecule has 1 aromatic heterocycles. The SMILES string of the molecule is CCCCN(CC)Cc1cnc(NC)cn1. The van der Waals surface area contributed by atoms with Gasteiger partial charge in [0.05, 0.1) is 18.1 Å². The fourth-order valence-corrected chi connectivity index (χ4v) is 1.53. The molecule has 4 heteroatoms. The van der Waals surface area contributed by atoms with E-state index >= 15 is 0 Å². The Bertz CT molecular complexity index is 284. The van der Waals surface area contributed by atoms with Crippen molar-refractivity contribution in [1.82, 2.24) is 14.9 Å². The second-order valence-electron chi connectivity index (χ2n) is 3.87. The van der Waals surface area contributed by atoms with Gasteiger partial charge >= 0.3 is 0 Å². The molecule has 0 spiro atoms. The zero-order valence-electron chi connectivity index (χ0n) is 10.5. The van der Waals surface area contributed by atoms with E-state index in [1.165, 1.54) is 12.8 Å². The molecule has 1 heterocycles. The molecule has 0 amide bonds. The molecule has 0 aliphatic heterocycles. The van der Waals surface area contributed by atoms with Crippen LogP contribution in [0.15, 0.2) is 12.4 Å². The molecule has 0 aliphatic carbocycles. The first kappa shape index (κ1) is 12.9. The summed E-state index contributed by atoms with van der Waals surface area (Å²) in [5.74, 6) is 0.820. The van der Waals surface area contributed by atoms with E-state index < -0.39 is 0 Å². The van der Waals surface area contributed by atoms with E-state index in [1.807, 2.05) is 13.2 Å². The molecule has 0 atom stereocenters.